The van der Waals surface area contributed by atoms with Gasteiger partial charge in [-0.2, -0.15) is 0 Å². The molecule has 5 nitrogen and oxygen atoms in total. The Labute approximate surface area is 263 Å². The number of amides is 1. The van der Waals surface area contributed by atoms with Gasteiger partial charge in [-0.15, -0.1) is 0 Å². The van der Waals surface area contributed by atoms with Crippen LogP contribution in [0.15, 0.2) is 84.5 Å². The summed E-state index contributed by atoms with van der Waals surface area (Å²) in [4.78, 5) is 29.6. The van der Waals surface area contributed by atoms with Crippen LogP contribution in [0.3, 0.4) is 0 Å². The van der Waals surface area contributed by atoms with E-state index in [4.69, 9.17) is 0 Å². The zero-order chi connectivity index (χ0) is 31.4. The average Bonchev–Trinajstić information content (AvgIpc) is 3.65. The van der Waals surface area contributed by atoms with E-state index in [0.29, 0.717) is 26.1 Å². The molecule has 5 aliphatic carbocycles. The molecule has 4 saturated carbocycles. The molecule has 0 spiro atoms. The highest BCUT2D eigenvalue weighted by Crippen LogP contribution is 2.74. The molecule has 45 heavy (non-hydrogen) atoms. The van der Waals surface area contributed by atoms with E-state index >= 15 is 13.6 Å². The number of halogens is 2. The van der Waals surface area contributed by atoms with Crippen molar-refractivity contribution in [2.45, 2.75) is 76.0 Å². The topological polar surface area (TPSA) is 69.6 Å². The van der Waals surface area contributed by atoms with Gasteiger partial charge in [-0.05, 0) is 85.1 Å². The largest absolute Gasteiger partial charge is 0.390 e. The Hall–Kier alpha value is -3.16. The number of ketones is 1. The molecule has 0 aromatic heterocycles. The second kappa shape index (κ2) is 9.68. The molecule has 0 unspecified atom stereocenters. The van der Waals surface area contributed by atoms with Gasteiger partial charge >= 0.3 is 0 Å². The number of aliphatic hydroxyl groups is 1. The highest BCUT2D eigenvalue weighted by molar-refractivity contribution is 6.01. The Bertz CT molecular complexity index is 1610. The van der Waals surface area contributed by atoms with Crippen molar-refractivity contribution in [2.24, 2.45) is 34.0 Å². The van der Waals surface area contributed by atoms with Crippen LogP contribution < -0.4 is 5.32 Å². The summed E-state index contributed by atoms with van der Waals surface area (Å²) in [5.74, 6) is -1.52. The second-order valence-corrected chi connectivity index (χ2v) is 15.3. The molecule has 0 bridgehead atoms. The monoisotopic (exact) mass is 612 g/mol. The number of rotatable bonds is 5. The minimum Gasteiger partial charge on any atom is -0.390 e. The fourth-order valence-corrected chi connectivity index (χ4v) is 10.9. The van der Waals surface area contributed by atoms with Crippen LogP contribution in [0.5, 0.6) is 0 Å². The summed E-state index contributed by atoms with van der Waals surface area (Å²) in [5.41, 5.74) is -3.23. The van der Waals surface area contributed by atoms with E-state index in [1.165, 1.54) is 23.8 Å². The number of nitrogens with one attached hydrogen (secondary N) is 1. The molecule has 1 amide bonds. The molecule has 5 fully saturated rings. The summed E-state index contributed by atoms with van der Waals surface area (Å²) in [6.07, 6.45) is 3.47. The zero-order valence-electron chi connectivity index (χ0n) is 26.0. The third-order valence-corrected chi connectivity index (χ3v) is 13.3. The molecule has 2 aromatic carbocycles. The zero-order valence-corrected chi connectivity index (χ0v) is 26.0. The predicted octanol–water partition coefficient (Wildman–Crippen LogP) is 5.84. The van der Waals surface area contributed by atoms with Gasteiger partial charge in [0.2, 0.25) is 5.91 Å². The Morgan fingerprint density at radius 1 is 1.02 bits per heavy atom. The molecule has 1 saturated heterocycles. The van der Waals surface area contributed by atoms with Crippen LogP contribution in [0.4, 0.5) is 8.78 Å². The van der Waals surface area contributed by atoms with Gasteiger partial charge in [0, 0.05) is 31.0 Å². The predicted molar refractivity (Wildman–Crippen MR) is 167 cm³/mol. The van der Waals surface area contributed by atoms with Crippen LogP contribution in [-0.4, -0.2) is 52.7 Å². The van der Waals surface area contributed by atoms with E-state index in [-0.39, 0.29) is 41.9 Å². The molecule has 6 aliphatic rings. The van der Waals surface area contributed by atoms with Gasteiger partial charge in [-0.25, -0.2) is 8.78 Å². The summed E-state index contributed by atoms with van der Waals surface area (Å²) in [6, 6.07) is 20.3. The van der Waals surface area contributed by atoms with E-state index in [9.17, 15) is 9.90 Å². The number of carbonyl (C=O) groups is 2. The first-order chi connectivity index (χ1) is 21.5. The first kappa shape index (κ1) is 29.3. The Morgan fingerprint density at radius 3 is 2.40 bits per heavy atom. The van der Waals surface area contributed by atoms with Gasteiger partial charge in [0.1, 0.15) is 6.17 Å². The number of carbonyl (C=O) groups excluding carboxylic acids is 2. The Kier molecular flexibility index (Phi) is 6.29. The molecular formula is C38H42F2N2O3. The van der Waals surface area contributed by atoms with Gasteiger partial charge in [0.15, 0.2) is 11.5 Å². The van der Waals surface area contributed by atoms with Crippen molar-refractivity contribution in [1.29, 1.82) is 0 Å². The first-order valence-corrected chi connectivity index (χ1v) is 16.6. The molecule has 1 aliphatic heterocycles. The number of nitrogens with zero attached hydrogens (tertiary/aromatic N) is 1. The van der Waals surface area contributed by atoms with Crippen LogP contribution in [0.25, 0.3) is 0 Å². The number of hydrogen-bond donors (Lipinski definition) is 2. The van der Waals surface area contributed by atoms with Crippen molar-refractivity contribution >= 4 is 11.7 Å². The van der Waals surface area contributed by atoms with Crippen LogP contribution in [0, 0.1) is 34.0 Å². The maximum absolute atomic E-state index is 17.9. The van der Waals surface area contributed by atoms with E-state index < -0.39 is 45.6 Å². The number of benzene rings is 2. The fourth-order valence-electron chi connectivity index (χ4n) is 10.9. The summed E-state index contributed by atoms with van der Waals surface area (Å²) >= 11 is 0. The lowest BCUT2D eigenvalue weighted by molar-refractivity contribution is -0.212. The summed E-state index contributed by atoms with van der Waals surface area (Å²) in [5, 5.41) is 15.5. The lowest BCUT2D eigenvalue weighted by Crippen LogP contribution is -2.70. The average molecular weight is 613 g/mol. The number of allylic oxidation sites excluding steroid dienone is 4. The van der Waals surface area contributed by atoms with Gasteiger partial charge in [-0.3, -0.25) is 14.5 Å². The van der Waals surface area contributed by atoms with Gasteiger partial charge in [0.25, 0.3) is 0 Å². The Morgan fingerprint density at radius 2 is 1.71 bits per heavy atom. The summed E-state index contributed by atoms with van der Waals surface area (Å²) in [6.45, 7) is 5.61. The van der Waals surface area contributed by atoms with Crippen molar-refractivity contribution in [3.63, 3.8) is 0 Å². The standard InChI is InChI=1S/C38H42F2N2O3/c1-34-14-13-27(43)18-30(34)31(39)19-29-28-17-26-22-42(21-24-9-5-3-6-10-24)23-37(26,35(28,2)20-32(44)38(29,34)40)33(45)41-36(15-16-36)25-11-7-4-8-12-25/h3-14,18,26,28-29,31-32,44H,15-17,19-23H2,1-2H3,(H,41,45)/t26-,28-,29-,31-,32-,34-,35-,37+,38-/m0/s1. The van der Waals surface area contributed by atoms with Crippen molar-refractivity contribution in [3.05, 3.63) is 95.6 Å². The molecule has 2 N–H and O–H groups in total. The molecule has 8 rings (SSSR count). The molecule has 236 valence electrons. The Balaban J connectivity index is 1.20. The van der Waals surface area contributed by atoms with Crippen LogP contribution in [-0.2, 0) is 21.7 Å². The van der Waals surface area contributed by atoms with Crippen LogP contribution >= 0.6 is 0 Å². The maximum atomic E-state index is 17.9. The maximum Gasteiger partial charge on any atom is 0.229 e. The summed E-state index contributed by atoms with van der Waals surface area (Å²) < 4.78 is 33.9. The molecule has 1 heterocycles. The number of likely N-dealkylation sites (tertiary alicyclic amines) is 1. The smallest absolute Gasteiger partial charge is 0.229 e. The molecular weight excluding hydrogens is 570 g/mol. The number of alkyl halides is 2. The molecule has 0 radical (unpaired) electrons. The van der Waals surface area contributed by atoms with Crippen molar-refractivity contribution in [2.75, 3.05) is 13.1 Å². The quantitative estimate of drug-likeness (QED) is 0.446. The SMILES string of the molecule is C[C@]12C=CC(=O)C=C1[C@@H](F)C[C@H]1[C@@H]3C[C@H]4CN(Cc5ccccc5)C[C@@]4(C(=O)NC4(c5ccccc5)CC4)[C@@]3(C)C[C@H](O)[C@@]12F. The van der Waals surface area contributed by atoms with E-state index in [2.05, 4.69) is 41.4 Å². The number of aliphatic hydroxyl groups excluding tert-OH is 1. The highest BCUT2D eigenvalue weighted by Gasteiger charge is 2.78. The minimum atomic E-state index is -2.15. The first-order valence-electron chi connectivity index (χ1n) is 16.6. The highest BCUT2D eigenvalue weighted by atomic mass is 19.1. The van der Waals surface area contributed by atoms with Crippen molar-refractivity contribution in [1.82, 2.24) is 10.2 Å². The van der Waals surface area contributed by atoms with E-state index in [1.807, 2.05) is 36.4 Å². The third-order valence-electron chi connectivity index (χ3n) is 13.3. The minimum absolute atomic E-state index is 0.0180. The van der Waals surface area contributed by atoms with Gasteiger partial charge in [-0.1, -0.05) is 73.7 Å². The lowest BCUT2D eigenvalue weighted by Gasteiger charge is -2.63. The fraction of sp³-hybridized carbons (Fsp3) is 0.526. The van der Waals surface area contributed by atoms with E-state index in [0.717, 1.165) is 18.4 Å². The molecule has 7 heteroatoms. The van der Waals surface area contributed by atoms with Crippen molar-refractivity contribution < 1.29 is 23.5 Å². The van der Waals surface area contributed by atoms with Crippen LogP contribution in [0.1, 0.15) is 57.1 Å². The summed E-state index contributed by atoms with van der Waals surface area (Å²) in [7, 11) is 0. The van der Waals surface area contributed by atoms with Gasteiger partial charge in [0.05, 0.1) is 17.1 Å². The van der Waals surface area contributed by atoms with Gasteiger partial charge < -0.3 is 10.4 Å². The molecule has 9 atom stereocenters. The normalized spacial score (nSPS) is 42.6. The number of fused-ring (bicyclic) bond motifs is 7. The lowest BCUT2D eigenvalue weighted by atomic mass is 9.43. The second-order valence-electron chi connectivity index (χ2n) is 15.3. The molecule has 2 aromatic rings. The number of hydrogen-bond acceptors (Lipinski definition) is 4. The van der Waals surface area contributed by atoms with Crippen LogP contribution in [0.2, 0.25) is 0 Å². The van der Waals surface area contributed by atoms with E-state index in [1.54, 1.807) is 6.92 Å². The third kappa shape index (κ3) is 3.83. The van der Waals surface area contributed by atoms with Crippen molar-refractivity contribution in [3.8, 4) is 0 Å².